The fourth-order valence-corrected chi connectivity index (χ4v) is 3.18. The Bertz CT molecular complexity index is 891. The third-order valence-corrected chi connectivity index (χ3v) is 4.90. The molecule has 2 N–H and O–H groups in total. The zero-order valence-corrected chi connectivity index (χ0v) is 16.4. The maximum Gasteiger partial charge on any atom is 0.278 e. The van der Waals surface area contributed by atoms with Crippen LogP contribution < -0.4 is 5.32 Å². The first-order chi connectivity index (χ1) is 14.0. The number of rotatable bonds is 8. The smallest absolute Gasteiger partial charge is 0.278 e. The molecule has 0 aliphatic heterocycles. The molecule has 0 bridgehead atoms. The molecule has 3 nitrogen and oxygen atoms in total. The Kier molecular flexibility index (Phi) is 7.09. The van der Waals surface area contributed by atoms with E-state index in [0.29, 0.717) is 18.7 Å². The van der Waals surface area contributed by atoms with Crippen LogP contribution in [0.5, 0.6) is 0 Å². The van der Waals surface area contributed by atoms with Crippen LogP contribution >= 0.6 is 0 Å². The maximum absolute atomic E-state index is 13.5. The van der Waals surface area contributed by atoms with Gasteiger partial charge in [0.1, 0.15) is 6.04 Å². The molecule has 150 valence electrons. The fourth-order valence-electron chi connectivity index (χ4n) is 3.18. The topological polar surface area (TPSA) is 36.9 Å². The summed E-state index contributed by atoms with van der Waals surface area (Å²) in [4.78, 5) is 14.8. The molecular formula is C24H25F2N2O+. The fraction of sp³-hybridized carbons (Fsp3) is 0.208. The van der Waals surface area contributed by atoms with Gasteiger partial charge in [-0.2, -0.15) is 0 Å². The first-order valence-corrected chi connectivity index (χ1v) is 9.67. The van der Waals surface area contributed by atoms with Crippen LogP contribution in [0.15, 0.2) is 78.9 Å². The van der Waals surface area contributed by atoms with Crippen LogP contribution in [0.2, 0.25) is 0 Å². The lowest BCUT2D eigenvalue weighted by Crippen LogP contribution is -2.87. The molecule has 0 heterocycles. The minimum Gasteiger partial charge on any atom is -0.333 e. The van der Waals surface area contributed by atoms with Gasteiger partial charge in [0.25, 0.3) is 5.91 Å². The summed E-state index contributed by atoms with van der Waals surface area (Å²) in [5.41, 5.74) is 2.77. The maximum atomic E-state index is 13.5. The van der Waals surface area contributed by atoms with Gasteiger partial charge in [0.15, 0.2) is 18.2 Å². The molecular weight excluding hydrogens is 370 g/mol. The summed E-state index contributed by atoms with van der Waals surface area (Å²) in [7, 11) is 0. The standard InChI is InChI=1S/C24H24F2N2O/c1-18(21-12-13-22(25)23(26)14-21)27-15-24(29)28(16-19-8-4-2-5-9-19)17-20-10-6-3-7-11-20/h2-14,18,27H,15-17H2,1H3/p+1/t18-/m1/s1. The molecule has 0 unspecified atom stereocenters. The van der Waals surface area contributed by atoms with Gasteiger partial charge in [0.05, 0.1) is 0 Å². The van der Waals surface area contributed by atoms with Gasteiger partial charge in [-0.1, -0.05) is 60.7 Å². The first kappa shape index (κ1) is 20.7. The van der Waals surface area contributed by atoms with Crippen LogP contribution in [0.1, 0.15) is 29.7 Å². The van der Waals surface area contributed by atoms with E-state index in [1.165, 1.54) is 6.07 Å². The lowest BCUT2D eigenvalue weighted by Gasteiger charge is -2.23. The molecule has 0 fully saturated rings. The van der Waals surface area contributed by atoms with Crippen molar-refractivity contribution in [1.29, 1.82) is 0 Å². The molecule has 3 aromatic carbocycles. The second-order valence-electron chi connectivity index (χ2n) is 7.12. The van der Waals surface area contributed by atoms with Gasteiger partial charge < -0.3 is 10.2 Å². The summed E-state index contributed by atoms with van der Waals surface area (Å²) in [6.45, 7) is 3.13. The summed E-state index contributed by atoms with van der Waals surface area (Å²) in [5, 5.41) is 1.85. The average Bonchev–Trinajstić information content (AvgIpc) is 2.74. The van der Waals surface area contributed by atoms with E-state index in [2.05, 4.69) is 0 Å². The van der Waals surface area contributed by atoms with Crippen molar-refractivity contribution in [3.8, 4) is 0 Å². The van der Waals surface area contributed by atoms with Gasteiger partial charge >= 0.3 is 0 Å². The van der Waals surface area contributed by atoms with Crippen molar-refractivity contribution in [3.05, 3.63) is 107 Å². The van der Waals surface area contributed by atoms with Crippen molar-refractivity contribution in [1.82, 2.24) is 4.90 Å². The van der Waals surface area contributed by atoms with Gasteiger partial charge in [-0.15, -0.1) is 0 Å². The second-order valence-corrected chi connectivity index (χ2v) is 7.12. The zero-order chi connectivity index (χ0) is 20.6. The van der Waals surface area contributed by atoms with Crippen molar-refractivity contribution in [2.45, 2.75) is 26.1 Å². The molecule has 1 atom stereocenters. The number of carbonyl (C=O) groups excluding carboxylic acids is 1. The van der Waals surface area contributed by atoms with E-state index in [1.54, 1.807) is 6.07 Å². The summed E-state index contributed by atoms with van der Waals surface area (Å²) in [6.07, 6.45) is 0. The molecule has 1 amide bonds. The first-order valence-electron chi connectivity index (χ1n) is 9.67. The number of benzene rings is 3. The van der Waals surface area contributed by atoms with Crippen LogP contribution in [0.25, 0.3) is 0 Å². The Morgan fingerprint density at radius 3 is 1.93 bits per heavy atom. The number of hydrogen-bond donors (Lipinski definition) is 1. The minimum absolute atomic E-state index is 0.00728. The SMILES string of the molecule is C[C@@H]([NH2+]CC(=O)N(Cc1ccccc1)Cc1ccccc1)c1ccc(F)c(F)c1. The van der Waals surface area contributed by atoms with Crippen molar-refractivity contribution in [2.24, 2.45) is 0 Å². The third kappa shape index (κ3) is 5.96. The Labute approximate surface area is 170 Å². The highest BCUT2D eigenvalue weighted by Crippen LogP contribution is 2.14. The average molecular weight is 395 g/mol. The molecule has 0 aliphatic rings. The van der Waals surface area contributed by atoms with Crippen molar-refractivity contribution < 1.29 is 18.9 Å². The Balaban J connectivity index is 1.67. The molecule has 3 rings (SSSR count). The summed E-state index contributed by atoms with van der Waals surface area (Å²) >= 11 is 0. The number of hydrogen-bond acceptors (Lipinski definition) is 1. The number of nitrogens with zero attached hydrogens (tertiary/aromatic N) is 1. The lowest BCUT2D eigenvalue weighted by molar-refractivity contribution is -0.683. The third-order valence-electron chi connectivity index (χ3n) is 4.90. The Morgan fingerprint density at radius 2 is 1.41 bits per heavy atom. The molecule has 29 heavy (non-hydrogen) atoms. The molecule has 0 aromatic heterocycles. The summed E-state index contributed by atoms with van der Waals surface area (Å²) in [5.74, 6) is -1.75. The Morgan fingerprint density at radius 1 is 0.862 bits per heavy atom. The van der Waals surface area contributed by atoms with Crippen molar-refractivity contribution >= 4 is 5.91 Å². The minimum atomic E-state index is -0.871. The van der Waals surface area contributed by atoms with Crippen molar-refractivity contribution in [2.75, 3.05) is 6.54 Å². The van der Waals surface area contributed by atoms with E-state index in [4.69, 9.17) is 0 Å². The number of amides is 1. The number of nitrogens with two attached hydrogens (primary N) is 1. The highest BCUT2D eigenvalue weighted by atomic mass is 19.2. The summed E-state index contributed by atoms with van der Waals surface area (Å²) in [6, 6.07) is 23.4. The predicted molar refractivity (Wildman–Crippen MR) is 109 cm³/mol. The van der Waals surface area contributed by atoms with Gasteiger partial charge in [-0.25, -0.2) is 8.78 Å². The van der Waals surface area contributed by atoms with Crippen LogP contribution in [0, 0.1) is 11.6 Å². The predicted octanol–water partition coefficient (Wildman–Crippen LogP) is 3.82. The van der Waals surface area contributed by atoms with E-state index in [0.717, 1.165) is 17.2 Å². The van der Waals surface area contributed by atoms with E-state index < -0.39 is 11.6 Å². The largest absolute Gasteiger partial charge is 0.333 e. The van der Waals surface area contributed by atoms with E-state index >= 15 is 0 Å². The second kappa shape index (κ2) is 9.94. The van der Waals surface area contributed by atoms with Crippen LogP contribution in [-0.4, -0.2) is 17.4 Å². The number of carbonyl (C=O) groups is 1. The van der Waals surface area contributed by atoms with Crippen LogP contribution in [0.3, 0.4) is 0 Å². The highest BCUT2D eigenvalue weighted by molar-refractivity contribution is 5.77. The molecule has 5 heteroatoms. The zero-order valence-electron chi connectivity index (χ0n) is 16.4. The monoisotopic (exact) mass is 395 g/mol. The molecule has 0 radical (unpaired) electrons. The highest BCUT2D eigenvalue weighted by Gasteiger charge is 2.19. The van der Waals surface area contributed by atoms with E-state index in [1.807, 2.05) is 77.8 Å². The van der Waals surface area contributed by atoms with Crippen LogP contribution in [-0.2, 0) is 17.9 Å². The molecule has 0 saturated heterocycles. The van der Waals surface area contributed by atoms with E-state index in [9.17, 15) is 13.6 Å². The molecule has 0 spiro atoms. The summed E-state index contributed by atoms with van der Waals surface area (Å²) < 4.78 is 26.6. The Hall–Kier alpha value is -3.05. The van der Waals surface area contributed by atoms with Gasteiger partial charge in [-0.05, 0) is 36.2 Å². The van der Waals surface area contributed by atoms with E-state index in [-0.39, 0.29) is 18.5 Å². The normalized spacial score (nSPS) is 11.8. The van der Waals surface area contributed by atoms with Crippen molar-refractivity contribution in [3.63, 3.8) is 0 Å². The molecule has 0 saturated carbocycles. The molecule has 0 aliphatic carbocycles. The quantitative estimate of drug-likeness (QED) is 0.619. The van der Waals surface area contributed by atoms with Crippen LogP contribution in [0.4, 0.5) is 8.78 Å². The lowest BCUT2D eigenvalue weighted by atomic mass is 10.1. The molecule has 3 aromatic rings. The van der Waals surface area contributed by atoms with Gasteiger partial charge in [0.2, 0.25) is 0 Å². The van der Waals surface area contributed by atoms with Gasteiger partial charge in [-0.3, -0.25) is 4.79 Å². The number of halogens is 2. The number of quaternary nitrogens is 1. The van der Waals surface area contributed by atoms with Gasteiger partial charge in [0, 0.05) is 18.7 Å².